The first-order chi connectivity index (χ1) is 11.4. The van der Waals surface area contributed by atoms with Gasteiger partial charge in [-0.1, -0.05) is 0 Å². The van der Waals surface area contributed by atoms with E-state index in [-0.39, 0.29) is 11.2 Å². The van der Waals surface area contributed by atoms with Crippen LogP contribution in [0.2, 0.25) is 0 Å². The molecule has 6 heteroatoms. The number of nitrogens with zero attached hydrogens (tertiary/aromatic N) is 2. The van der Waals surface area contributed by atoms with E-state index < -0.39 is 10.0 Å². The molecule has 2 heterocycles. The maximum Gasteiger partial charge on any atom is 0.213 e. The first-order valence-electron chi connectivity index (χ1n) is 9.66. The van der Waals surface area contributed by atoms with Gasteiger partial charge in [-0.3, -0.25) is 4.90 Å². The van der Waals surface area contributed by atoms with Crippen LogP contribution in [0.1, 0.15) is 52.9 Å². The van der Waals surface area contributed by atoms with Gasteiger partial charge >= 0.3 is 0 Å². The maximum absolute atomic E-state index is 12.1. The van der Waals surface area contributed by atoms with Gasteiger partial charge in [0.25, 0.3) is 0 Å². The summed E-state index contributed by atoms with van der Waals surface area (Å²) in [6, 6.07) is 1.02. The van der Waals surface area contributed by atoms with Crippen molar-refractivity contribution in [2.75, 3.05) is 38.6 Å². The Labute approximate surface area is 147 Å². The number of likely N-dealkylation sites (tertiary alicyclic amines) is 1. The summed E-state index contributed by atoms with van der Waals surface area (Å²) in [5, 5.41) is 0. The van der Waals surface area contributed by atoms with Crippen LogP contribution in [0.4, 0.5) is 0 Å². The molecule has 0 unspecified atom stereocenters. The number of hydrogen-bond donors (Lipinski definition) is 0. The summed E-state index contributed by atoms with van der Waals surface area (Å²) >= 11 is 0. The summed E-state index contributed by atoms with van der Waals surface area (Å²) in [6.45, 7) is 10.5. The highest BCUT2D eigenvalue weighted by Crippen LogP contribution is 2.44. The van der Waals surface area contributed by atoms with Crippen LogP contribution in [0, 0.1) is 11.3 Å². The molecule has 140 valence electrons. The molecule has 3 rings (SSSR count). The molecule has 5 nitrogen and oxygen atoms in total. The fourth-order valence-corrected chi connectivity index (χ4v) is 5.50. The predicted octanol–water partition coefficient (Wildman–Crippen LogP) is 2.33. The molecule has 24 heavy (non-hydrogen) atoms. The fourth-order valence-electron chi connectivity index (χ4n) is 4.40. The standard InChI is InChI=1S/C18H34N2O3S/c1-4-24(21,22)19-9-7-18(8-10-19)11-17(20(14-18)15(2)3)13-23-12-16-5-6-16/h15-17H,4-14H2,1-3H3/t17-/m0/s1. The van der Waals surface area contributed by atoms with Gasteiger partial charge in [-0.05, 0) is 64.2 Å². The van der Waals surface area contributed by atoms with Gasteiger partial charge in [0, 0.05) is 38.3 Å². The van der Waals surface area contributed by atoms with E-state index in [9.17, 15) is 8.42 Å². The van der Waals surface area contributed by atoms with E-state index >= 15 is 0 Å². The number of rotatable bonds is 7. The van der Waals surface area contributed by atoms with E-state index in [1.54, 1.807) is 11.2 Å². The molecule has 0 N–H and O–H groups in total. The lowest BCUT2D eigenvalue weighted by Gasteiger charge is -2.39. The van der Waals surface area contributed by atoms with Crippen LogP contribution < -0.4 is 0 Å². The summed E-state index contributed by atoms with van der Waals surface area (Å²) in [5.41, 5.74) is 0.289. The van der Waals surface area contributed by atoms with Crippen molar-refractivity contribution in [1.82, 2.24) is 9.21 Å². The Hall–Kier alpha value is -0.170. The van der Waals surface area contributed by atoms with Crippen LogP contribution in [0.3, 0.4) is 0 Å². The Morgan fingerprint density at radius 3 is 2.38 bits per heavy atom. The number of ether oxygens (including phenoxy) is 1. The molecule has 0 aromatic carbocycles. The zero-order valence-corrected chi connectivity index (χ0v) is 16.4. The van der Waals surface area contributed by atoms with Crippen molar-refractivity contribution in [3.8, 4) is 0 Å². The molecule has 0 amide bonds. The molecule has 3 aliphatic rings. The SMILES string of the molecule is CCS(=O)(=O)N1CCC2(CC1)C[C@@H](COCC1CC1)N(C(C)C)C2. The lowest BCUT2D eigenvalue weighted by Crippen LogP contribution is -2.45. The molecule has 0 aromatic rings. The van der Waals surface area contributed by atoms with E-state index in [1.165, 1.54) is 12.8 Å². The van der Waals surface area contributed by atoms with Gasteiger partial charge in [0.05, 0.1) is 12.4 Å². The van der Waals surface area contributed by atoms with Crippen LogP contribution in [0.25, 0.3) is 0 Å². The first-order valence-corrected chi connectivity index (χ1v) is 11.3. The van der Waals surface area contributed by atoms with E-state index in [4.69, 9.17) is 4.74 Å². The smallest absolute Gasteiger partial charge is 0.213 e. The zero-order valence-electron chi connectivity index (χ0n) is 15.5. The van der Waals surface area contributed by atoms with Crippen molar-refractivity contribution in [3.05, 3.63) is 0 Å². The van der Waals surface area contributed by atoms with E-state index in [2.05, 4.69) is 18.7 Å². The third-order valence-electron chi connectivity index (χ3n) is 6.22. The molecule has 0 aromatic heterocycles. The fraction of sp³-hybridized carbons (Fsp3) is 1.00. The van der Waals surface area contributed by atoms with Crippen LogP contribution in [-0.4, -0.2) is 68.3 Å². The molecule has 1 aliphatic carbocycles. The van der Waals surface area contributed by atoms with Crippen molar-refractivity contribution < 1.29 is 13.2 Å². The van der Waals surface area contributed by atoms with Gasteiger partial charge in [-0.2, -0.15) is 0 Å². The lowest BCUT2D eigenvalue weighted by atomic mass is 9.77. The second kappa shape index (κ2) is 7.22. The maximum atomic E-state index is 12.1. The first kappa shape index (κ1) is 18.6. The van der Waals surface area contributed by atoms with Crippen LogP contribution in [0.5, 0.6) is 0 Å². The normalized spacial score (nSPS) is 28.9. The summed E-state index contributed by atoms with van der Waals surface area (Å²) in [7, 11) is -3.03. The average molecular weight is 359 g/mol. The van der Waals surface area contributed by atoms with Crippen molar-refractivity contribution in [3.63, 3.8) is 0 Å². The van der Waals surface area contributed by atoms with Gasteiger partial charge < -0.3 is 4.74 Å². The summed E-state index contributed by atoms with van der Waals surface area (Å²) in [4.78, 5) is 2.59. The Balaban J connectivity index is 1.58. The minimum atomic E-state index is -3.03. The molecule has 3 fully saturated rings. The van der Waals surface area contributed by atoms with Crippen molar-refractivity contribution in [2.45, 2.75) is 65.0 Å². The number of piperidine rings is 1. The molecule has 0 radical (unpaired) electrons. The van der Waals surface area contributed by atoms with Crippen molar-refractivity contribution >= 4 is 10.0 Å². The van der Waals surface area contributed by atoms with E-state index in [1.807, 2.05) is 0 Å². The van der Waals surface area contributed by atoms with Gasteiger partial charge in [-0.25, -0.2) is 12.7 Å². The molecule has 1 atom stereocenters. The second-order valence-corrected chi connectivity index (χ2v) is 10.7. The predicted molar refractivity (Wildman–Crippen MR) is 96.5 cm³/mol. The quantitative estimate of drug-likeness (QED) is 0.701. The second-order valence-electron chi connectivity index (χ2n) is 8.40. The summed E-state index contributed by atoms with van der Waals surface area (Å²) in [6.07, 6.45) is 5.83. The highest BCUT2D eigenvalue weighted by atomic mass is 32.2. The topological polar surface area (TPSA) is 49.9 Å². The summed E-state index contributed by atoms with van der Waals surface area (Å²) < 4.78 is 31.9. The average Bonchev–Trinajstić information content (AvgIpc) is 3.30. The van der Waals surface area contributed by atoms with Gasteiger partial charge in [0.2, 0.25) is 10.0 Å². The lowest BCUT2D eigenvalue weighted by molar-refractivity contribution is 0.0601. The highest BCUT2D eigenvalue weighted by Gasteiger charge is 2.47. The molecule has 2 saturated heterocycles. The molecule has 1 spiro atoms. The Morgan fingerprint density at radius 1 is 1.17 bits per heavy atom. The van der Waals surface area contributed by atoms with Crippen LogP contribution in [0.15, 0.2) is 0 Å². The monoisotopic (exact) mass is 358 g/mol. The Morgan fingerprint density at radius 2 is 1.83 bits per heavy atom. The third kappa shape index (κ3) is 4.14. The van der Waals surface area contributed by atoms with Crippen molar-refractivity contribution in [2.24, 2.45) is 11.3 Å². The van der Waals surface area contributed by atoms with E-state index in [0.29, 0.717) is 25.2 Å². The number of sulfonamides is 1. The Kier molecular flexibility index (Phi) is 5.60. The molecule has 1 saturated carbocycles. The van der Waals surface area contributed by atoms with Gasteiger partial charge in [0.1, 0.15) is 0 Å². The number of hydrogen-bond acceptors (Lipinski definition) is 4. The molecular weight excluding hydrogens is 324 g/mol. The zero-order chi connectivity index (χ0) is 17.4. The van der Waals surface area contributed by atoms with Gasteiger partial charge in [0.15, 0.2) is 0 Å². The minimum Gasteiger partial charge on any atom is -0.380 e. The summed E-state index contributed by atoms with van der Waals surface area (Å²) in [5.74, 6) is 1.03. The van der Waals surface area contributed by atoms with Crippen LogP contribution in [-0.2, 0) is 14.8 Å². The molecule has 2 aliphatic heterocycles. The van der Waals surface area contributed by atoms with Gasteiger partial charge in [-0.15, -0.1) is 0 Å². The third-order valence-corrected chi connectivity index (χ3v) is 8.10. The Bertz CT molecular complexity index is 522. The van der Waals surface area contributed by atoms with Crippen molar-refractivity contribution in [1.29, 1.82) is 0 Å². The molecule has 0 bridgehead atoms. The largest absolute Gasteiger partial charge is 0.380 e. The minimum absolute atomic E-state index is 0.218. The molecular formula is C18H34N2O3S. The van der Waals surface area contributed by atoms with Crippen LogP contribution >= 0.6 is 0 Å². The van der Waals surface area contributed by atoms with E-state index in [0.717, 1.165) is 44.9 Å². The highest BCUT2D eigenvalue weighted by molar-refractivity contribution is 7.89.